The molecular formula is C13H23N5O. The van der Waals surface area contributed by atoms with Crippen molar-refractivity contribution >= 4 is 17.5 Å². The first-order valence-corrected chi connectivity index (χ1v) is 6.59. The molecule has 0 aliphatic rings. The average molecular weight is 265 g/mol. The lowest BCUT2D eigenvalue weighted by Gasteiger charge is -2.21. The number of aryl methyl sites for hydroxylation is 1. The van der Waals surface area contributed by atoms with Gasteiger partial charge in [-0.1, -0.05) is 6.92 Å². The molecule has 1 atom stereocenters. The van der Waals surface area contributed by atoms with Crippen LogP contribution in [0.2, 0.25) is 0 Å². The number of hydrogen-bond donors (Lipinski definition) is 2. The molecule has 0 bridgehead atoms. The van der Waals surface area contributed by atoms with Crippen molar-refractivity contribution in [3.05, 3.63) is 11.9 Å². The zero-order valence-electron chi connectivity index (χ0n) is 12.3. The highest BCUT2D eigenvalue weighted by Crippen LogP contribution is 2.12. The smallest absolute Gasteiger partial charge is 0.244 e. The largest absolute Gasteiger partial charge is 0.373 e. The normalized spacial score (nSPS) is 11.8. The van der Waals surface area contributed by atoms with Gasteiger partial charge in [0.15, 0.2) is 0 Å². The number of carbonyl (C=O) groups excluding carboxylic acids is 1. The molecule has 0 aliphatic heterocycles. The molecule has 0 saturated heterocycles. The Morgan fingerprint density at radius 1 is 1.37 bits per heavy atom. The van der Waals surface area contributed by atoms with Gasteiger partial charge in [-0.05, 0) is 13.8 Å². The van der Waals surface area contributed by atoms with Crippen LogP contribution in [0.5, 0.6) is 0 Å². The number of aromatic nitrogens is 2. The summed E-state index contributed by atoms with van der Waals surface area (Å²) < 4.78 is 0. The molecule has 6 heteroatoms. The third-order valence-electron chi connectivity index (χ3n) is 2.93. The lowest BCUT2D eigenvalue weighted by Crippen LogP contribution is -2.39. The molecular weight excluding hydrogens is 242 g/mol. The summed E-state index contributed by atoms with van der Waals surface area (Å²) in [5.41, 5.74) is 0. The summed E-state index contributed by atoms with van der Waals surface area (Å²) in [6.45, 7) is 6.47. The zero-order chi connectivity index (χ0) is 14.4. The van der Waals surface area contributed by atoms with E-state index >= 15 is 0 Å². The summed E-state index contributed by atoms with van der Waals surface area (Å²) in [4.78, 5) is 22.4. The lowest BCUT2D eigenvalue weighted by molar-refractivity contribution is -0.130. The first-order valence-electron chi connectivity index (χ1n) is 6.59. The molecule has 6 nitrogen and oxygen atoms in total. The first kappa shape index (κ1) is 15.2. The Hall–Kier alpha value is -1.85. The first-order chi connectivity index (χ1) is 9.01. The van der Waals surface area contributed by atoms with Crippen molar-refractivity contribution in [2.45, 2.75) is 33.2 Å². The topological polar surface area (TPSA) is 70.2 Å². The Balaban J connectivity index is 2.83. The van der Waals surface area contributed by atoms with Gasteiger partial charge in [0.1, 0.15) is 23.5 Å². The minimum Gasteiger partial charge on any atom is -0.373 e. The van der Waals surface area contributed by atoms with Crippen molar-refractivity contribution in [1.82, 2.24) is 14.9 Å². The molecule has 1 aromatic rings. The fourth-order valence-corrected chi connectivity index (χ4v) is 1.63. The van der Waals surface area contributed by atoms with E-state index < -0.39 is 0 Å². The predicted molar refractivity (Wildman–Crippen MR) is 77.4 cm³/mol. The van der Waals surface area contributed by atoms with Crippen LogP contribution in [0.3, 0.4) is 0 Å². The van der Waals surface area contributed by atoms with Crippen LogP contribution in [0.15, 0.2) is 6.07 Å². The Kier molecular flexibility index (Phi) is 5.54. The maximum atomic E-state index is 12.0. The highest BCUT2D eigenvalue weighted by Gasteiger charge is 2.17. The minimum absolute atomic E-state index is 0.0465. The van der Waals surface area contributed by atoms with Crippen LogP contribution in [0, 0.1) is 0 Å². The van der Waals surface area contributed by atoms with E-state index in [1.807, 2.05) is 27.8 Å². The van der Waals surface area contributed by atoms with Gasteiger partial charge < -0.3 is 15.5 Å². The van der Waals surface area contributed by atoms with E-state index in [1.54, 1.807) is 18.0 Å². The van der Waals surface area contributed by atoms with Gasteiger partial charge in [-0.15, -0.1) is 0 Å². The molecule has 0 radical (unpaired) electrons. The van der Waals surface area contributed by atoms with Gasteiger partial charge in [0, 0.05) is 33.1 Å². The molecule has 1 heterocycles. The molecule has 1 aromatic heterocycles. The van der Waals surface area contributed by atoms with Crippen molar-refractivity contribution in [3.63, 3.8) is 0 Å². The van der Waals surface area contributed by atoms with Gasteiger partial charge in [0.25, 0.3) is 0 Å². The van der Waals surface area contributed by atoms with E-state index in [4.69, 9.17) is 0 Å². The van der Waals surface area contributed by atoms with E-state index in [1.165, 1.54) is 0 Å². The second-order valence-electron chi connectivity index (χ2n) is 4.38. The van der Waals surface area contributed by atoms with Gasteiger partial charge >= 0.3 is 0 Å². The van der Waals surface area contributed by atoms with Crippen LogP contribution in [0.4, 0.5) is 11.6 Å². The van der Waals surface area contributed by atoms with Crippen LogP contribution in [-0.2, 0) is 11.2 Å². The average Bonchev–Trinajstić information content (AvgIpc) is 2.44. The van der Waals surface area contributed by atoms with Crippen LogP contribution >= 0.6 is 0 Å². The highest BCUT2D eigenvalue weighted by atomic mass is 16.2. The fourth-order valence-electron chi connectivity index (χ4n) is 1.63. The number of anilines is 2. The fraction of sp³-hybridized carbons (Fsp3) is 0.615. The molecule has 0 aliphatic carbocycles. The Labute approximate surface area is 114 Å². The summed E-state index contributed by atoms with van der Waals surface area (Å²) in [5, 5.41) is 6.12. The number of likely N-dealkylation sites (N-methyl/N-ethyl adjacent to an activating group) is 1. The summed E-state index contributed by atoms with van der Waals surface area (Å²) in [6, 6.07) is 1.49. The van der Waals surface area contributed by atoms with Crippen molar-refractivity contribution in [1.29, 1.82) is 0 Å². The lowest BCUT2D eigenvalue weighted by atomic mass is 10.3. The third-order valence-corrected chi connectivity index (χ3v) is 2.93. The summed E-state index contributed by atoms with van der Waals surface area (Å²) in [5.74, 6) is 2.21. The molecule has 2 N–H and O–H groups in total. The van der Waals surface area contributed by atoms with E-state index in [2.05, 4.69) is 20.6 Å². The highest BCUT2D eigenvalue weighted by molar-refractivity contribution is 5.83. The zero-order valence-corrected chi connectivity index (χ0v) is 12.3. The van der Waals surface area contributed by atoms with Crippen LogP contribution < -0.4 is 10.6 Å². The number of nitrogens with one attached hydrogen (secondary N) is 2. The second-order valence-corrected chi connectivity index (χ2v) is 4.38. The third kappa shape index (κ3) is 4.08. The molecule has 1 amide bonds. The van der Waals surface area contributed by atoms with Gasteiger partial charge in [0.05, 0.1) is 0 Å². The van der Waals surface area contributed by atoms with E-state index in [9.17, 15) is 4.79 Å². The van der Waals surface area contributed by atoms with Crippen molar-refractivity contribution in [2.75, 3.05) is 31.3 Å². The summed E-state index contributed by atoms with van der Waals surface area (Å²) in [7, 11) is 3.60. The van der Waals surface area contributed by atoms with Crippen molar-refractivity contribution in [2.24, 2.45) is 0 Å². The number of amides is 1. The Morgan fingerprint density at radius 3 is 2.53 bits per heavy atom. The maximum absolute atomic E-state index is 12.0. The summed E-state index contributed by atoms with van der Waals surface area (Å²) in [6.07, 6.45) is 0.751. The summed E-state index contributed by atoms with van der Waals surface area (Å²) >= 11 is 0. The van der Waals surface area contributed by atoms with Gasteiger partial charge in [-0.2, -0.15) is 0 Å². The number of carbonyl (C=O) groups is 1. The van der Waals surface area contributed by atoms with Gasteiger partial charge in [-0.25, -0.2) is 9.97 Å². The molecule has 0 aromatic carbocycles. The molecule has 19 heavy (non-hydrogen) atoms. The maximum Gasteiger partial charge on any atom is 0.244 e. The van der Waals surface area contributed by atoms with E-state index in [0.29, 0.717) is 12.4 Å². The van der Waals surface area contributed by atoms with Crippen LogP contribution in [0.1, 0.15) is 26.6 Å². The molecule has 1 rings (SSSR count). The Morgan fingerprint density at radius 2 is 2.00 bits per heavy atom. The number of hydrogen-bond acceptors (Lipinski definition) is 5. The standard InChI is InChI=1S/C13H23N5O/c1-6-10-16-11(14-4)8-12(17-10)15-9(3)13(19)18(5)7-2/h8-9H,6-7H2,1-5H3,(H2,14,15,16,17). The Bertz CT molecular complexity index is 413. The number of rotatable bonds is 6. The van der Waals surface area contributed by atoms with Crippen LogP contribution in [0.25, 0.3) is 0 Å². The van der Waals surface area contributed by atoms with Crippen molar-refractivity contribution in [3.8, 4) is 0 Å². The molecule has 0 fully saturated rings. The monoisotopic (exact) mass is 265 g/mol. The van der Waals surface area contributed by atoms with Gasteiger partial charge in [0.2, 0.25) is 5.91 Å². The quantitative estimate of drug-likeness (QED) is 0.812. The minimum atomic E-state index is -0.311. The van der Waals surface area contributed by atoms with Crippen LogP contribution in [-0.4, -0.2) is 47.5 Å². The molecule has 1 unspecified atom stereocenters. The van der Waals surface area contributed by atoms with E-state index in [-0.39, 0.29) is 11.9 Å². The molecule has 0 saturated carbocycles. The molecule has 106 valence electrons. The van der Waals surface area contributed by atoms with E-state index in [0.717, 1.165) is 18.1 Å². The van der Waals surface area contributed by atoms with Gasteiger partial charge in [-0.3, -0.25) is 4.79 Å². The molecule has 0 spiro atoms. The predicted octanol–water partition coefficient (Wildman–Crippen LogP) is 1.36. The number of nitrogens with zero attached hydrogens (tertiary/aromatic N) is 3. The van der Waals surface area contributed by atoms with Crippen molar-refractivity contribution < 1.29 is 4.79 Å². The SMILES string of the molecule is CCc1nc(NC)cc(NC(C)C(=O)N(C)CC)n1. The second kappa shape index (κ2) is 6.92.